The van der Waals surface area contributed by atoms with Crippen LogP contribution in [0.4, 0.5) is 13.6 Å². The van der Waals surface area contributed by atoms with E-state index in [1.807, 2.05) is 30.3 Å². The number of hydrogen-bond acceptors (Lipinski definition) is 6. The molecule has 44 heavy (non-hydrogen) atoms. The first kappa shape index (κ1) is 33.1. The van der Waals surface area contributed by atoms with E-state index in [4.69, 9.17) is 14.5 Å². The Kier molecular flexibility index (Phi) is 10.1. The first-order chi connectivity index (χ1) is 20.7. The van der Waals surface area contributed by atoms with Gasteiger partial charge in [-0.05, 0) is 70.7 Å². The molecule has 2 heterocycles. The molecule has 4 rings (SSSR count). The van der Waals surface area contributed by atoms with E-state index in [0.29, 0.717) is 31.9 Å². The summed E-state index contributed by atoms with van der Waals surface area (Å²) in [5, 5.41) is 10.1. The van der Waals surface area contributed by atoms with Gasteiger partial charge in [0.25, 0.3) is 0 Å². The highest BCUT2D eigenvalue weighted by Crippen LogP contribution is 2.37. The number of likely N-dealkylation sites (tertiary alicyclic amines) is 1. The number of imidazole rings is 1. The summed E-state index contributed by atoms with van der Waals surface area (Å²) in [4.78, 5) is 34.2. The van der Waals surface area contributed by atoms with Gasteiger partial charge in [-0.15, -0.1) is 0 Å². The third-order valence-corrected chi connectivity index (χ3v) is 7.80. The van der Waals surface area contributed by atoms with Crippen molar-refractivity contribution in [1.82, 2.24) is 19.4 Å². The fraction of sp³-hybridized carbons (Fsp3) is 0.485. The van der Waals surface area contributed by atoms with E-state index in [-0.39, 0.29) is 23.7 Å². The van der Waals surface area contributed by atoms with Gasteiger partial charge in [0, 0.05) is 45.0 Å². The third kappa shape index (κ3) is 7.81. The zero-order chi connectivity index (χ0) is 32.2. The van der Waals surface area contributed by atoms with E-state index in [1.54, 1.807) is 50.3 Å². The number of methoxy groups -OCH3 is 1. The zero-order valence-electron chi connectivity index (χ0n) is 26.2. The lowest BCUT2D eigenvalue weighted by atomic mass is 9.94. The van der Waals surface area contributed by atoms with Crippen LogP contribution >= 0.6 is 0 Å². The van der Waals surface area contributed by atoms with Crippen LogP contribution in [0, 0.1) is 17.6 Å². The van der Waals surface area contributed by atoms with E-state index >= 15 is 0 Å². The van der Waals surface area contributed by atoms with Crippen LogP contribution in [0.15, 0.2) is 54.7 Å². The number of aliphatic hydroxyl groups is 1. The van der Waals surface area contributed by atoms with Gasteiger partial charge < -0.3 is 28.9 Å². The molecule has 1 saturated heterocycles. The monoisotopic (exact) mass is 612 g/mol. The van der Waals surface area contributed by atoms with Gasteiger partial charge in [-0.2, -0.15) is 0 Å². The van der Waals surface area contributed by atoms with Crippen LogP contribution < -0.4 is 0 Å². The summed E-state index contributed by atoms with van der Waals surface area (Å²) in [6.07, 6.45) is 1.83. The van der Waals surface area contributed by atoms with Crippen molar-refractivity contribution < 1.29 is 33.0 Å². The van der Waals surface area contributed by atoms with Gasteiger partial charge >= 0.3 is 6.09 Å². The second-order valence-corrected chi connectivity index (χ2v) is 12.7. The molecule has 1 aliphatic rings. The molecule has 0 radical (unpaired) electrons. The maximum absolute atomic E-state index is 15.0. The summed E-state index contributed by atoms with van der Waals surface area (Å²) in [7, 11) is 1.52. The van der Waals surface area contributed by atoms with Gasteiger partial charge in [0.15, 0.2) is 0 Å². The minimum absolute atomic E-state index is 0.0177. The number of rotatable bonds is 10. The first-order valence-electron chi connectivity index (χ1n) is 14.7. The molecule has 3 aromatic rings. The van der Waals surface area contributed by atoms with Gasteiger partial charge in [-0.25, -0.2) is 18.6 Å². The SMILES string of the molecule is COC(C)(C)C(c1nc(-c2cc(F)ccc2F)cn1Cc1ccccc1)N(CC1CCN(C(=O)OC(C)(C)C)C1)C(=O)CO. The number of aliphatic hydroxyl groups excluding tert-OH is 1. The number of hydrogen-bond donors (Lipinski definition) is 1. The largest absolute Gasteiger partial charge is 0.444 e. The molecule has 238 valence electrons. The van der Waals surface area contributed by atoms with Crippen LogP contribution in [0.1, 0.15) is 58.5 Å². The smallest absolute Gasteiger partial charge is 0.410 e. The van der Waals surface area contributed by atoms with Crippen molar-refractivity contribution in [3.63, 3.8) is 0 Å². The Balaban J connectivity index is 1.78. The molecular formula is C33H42F2N4O5. The summed E-state index contributed by atoms with van der Waals surface area (Å²) in [6, 6.07) is 11.9. The van der Waals surface area contributed by atoms with Crippen molar-refractivity contribution in [2.75, 3.05) is 33.4 Å². The Morgan fingerprint density at radius 3 is 2.45 bits per heavy atom. The molecule has 2 unspecified atom stereocenters. The first-order valence-corrected chi connectivity index (χ1v) is 14.7. The summed E-state index contributed by atoms with van der Waals surface area (Å²) < 4.78 is 42.5. The van der Waals surface area contributed by atoms with E-state index in [9.17, 15) is 23.5 Å². The maximum atomic E-state index is 15.0. The van der Waals surface area contributed by atoms with E-state index in [2.05, 4.69) is 0 Å². The molecule has 1 N–H and O–H groups in total. The van der Waals surface area contributed by atoms with Crippen LogP contribution in [-0.4, -0.2) is 81.0 Å². The van der Waals surface area contributed by atoms with Crippen LogP contribution in [0.3, 0.4) is 0 Å². The van der Waals surface area contributed by atoms with Crippen LogP contribution in [0.25, 0.3) is 11.3 Å². The lowest BCUT2D eigenvalue weighted by molar-refractivity contribution is -0.146. The minimum atomic E-state index is -1.04. The number of benzene rings is 2. The maximum Gasteiger partial charge on any atom is 0.410 e. The normalized spacial score (nSPS) is 16.2. The summed E-state index contributed by atoms with van der Waals surface area (Å²) in [5.41, 5.74) is -0.577. The molecule has 0 bridgehead atoms. The van der Waals surface area contributed by atoms with Crippen molar-refractivity contribution >= 4 is 12.0 Å². The molecule has 0 saturated carbocycles. The number of aromatic nitrogens is 2. The minimum Gasteiger partial charge on any atom is -0.444 e. The average Bonchev–Trinajstić information content (AvgIpc) is 3.60. The lowest BCUT2D eigenvalue weighted by Crippen LogP contribution is -2.50. The quantitative estimate of drug-likeness (QED) is 0.329. The Morgan fingerprint density at radius 1 is 1.11 bits per heavy atom. The predicted octanol–water partition coefficient (Wildman–Crippen LogP) is 5.42. The summed E-state index contributed by atoms with van der Waals surface area (Å²) in [6.45, 7) is 9.61. The highest BCUT2D eigenvalue weighted by molar-refractivity contribution is 5.78. The summed E-state index contributed by atoms with van der Waals surface area (Å²) in [5.74, 6) is -1.54. The Bertz CT molecular complexity index is 1450. The Morgan fingerprint density at radius 2 is 1.82 bits per heavy atom. The predicted molar refractivity (Wildman–Crippen MR) is 162 cm³/mol. The van der Waals surface area contributed by atoms with Crippen molar-refractivity contribution in [2.45, 2.75) is 64.8 Å². The highest BCUT2D eigenvalue weighted by Gasteiger charge is 2.43. The molecule has 1 aromatic heterocycles. The topological polar surface area (TPSA) is 97.1 Å². The molecule has 0 spiro atoms. The second-order valence-electron chi connectivity index (χ2n) is 12.7. The molecule has 1 aliphatic heterocycles. The van der Waals surface area contributed by atoms with Gasteiger partial charge in [0.1, 0.15) is 35.7 Å². The van der Waals surface area contributed by atoms with Crippen molar-refractivity contribution in [3.05, 3.63) is 77.8 Å². The standard InChI is InChI=1S/C33H42F2N4O5/c1-32(2,3)44-31(42)37-15-14-23(18-37)19-39(28(41)21-40)29(33(4,5)43-6)30-36-27(25-16-24(34)12-13-26(25)35)20-38(30)17-22-10-8-7-9-11-22/h7-13,16,20,23,29,40H,14-15,17-19,21H2,1-6H3. The highest BCUT2D eigenvalue weighted by atomic mass is 19.1. The fourth-order valence-corrected chi connectivity index (χ4v) is 5.51. The number of carbonyl (C=O) groups is 2. The van der Waals surface area contributed by atoms with E-state index in [1.165, 1.54) is 12.0 Å². The number of ether oxygens (including phenoxy) is 2. The number of carbonyl (C=O) groups excluding carboxylic acids is 2. The number of halogens is 2. The van der Waals surface area contributed by atoms with E-state index in [0.717, 1.165) is 23.8 Å². The van der Waals surface area contributed by atoms with Crippen molar-refractivity contribution in [3.8, 4) is 11.3 Å². The van der Waals surface area contributed by atoms with Gasteiger partial charge in [-0.1, -0.05) is 30.3 Å². The molecule has 1 fully saturated rings. The summed E-state index contributed by atoms with van der Waals surface area (Å²) >= 11 is 0. The van der Waals surface area contributed by atoms with Crippen molar-refractivity contribution in [2.24, 2.45) is 5.92 Å². The second kappa shape index (κ2) is 13.4. The van der Waals surface area contributed by atoms with Crippen LogP contribution in [0.5, 0.6) is 0 Å². The molecule has 11 heteroatoms. The van der Waals surface area contributed by atoms with E-state index < -0.39 is 47.5 Å². The third-order valence-electron chi connectivity index (χ3n) is 7.80. The van der Waals surface area contributed by atoms with Crippen LogP contribution in [0.2, 0.25) is 0 Å². The molecule has 2 aromatic carbocycles. The number of nitrogens with zero attached hydrogens (tertiary/aromatic N) is 4. The molecule has 0 aliphatic carbocycles. The average molecular weight is 613 g/mol. The van der Waals surface area contributed by atoms with Gasteiger partial charge in [0.2, 0.25) is 5.91 Å². The molecule has 9 nitrogen and oxygen atoms in total. The Hall–Kier alpha value is -3.83. The lowest BCUT2D eigenvalue weighted by Gasteiger charge is -2.41. The Labute approximate surface area is 257 Å². The zero-order valence-corrected chi connectivity index (χ0v) is 26.2. The van der Waals surface area contributed by atoms with Crippen LogP contribution in [-0.2, 0) is 20.8 Å². The van der Waals surface area contributed by atoms with Crippen molar-refractivity contribution in [1.29, 1.82) is 0 Å². The fourth-order valence-electron chi connectivity index (χ4n) is 5.51. The molecular weight excluding hydrogens is 570 g/mol. The molecule has 2 amide bonds. The van der Waals surface area contributed by atoms with Gasteiger partial charge in [0.05, 0.1) is 11.3 Å². The number of amides is 2. The van der Waals surface area contributed by atoms with Gasteiger partial charge in [-0.3, -0.25) is 4.79 Å². The molecule has 2 atom stereocenters.